The molecule has 4 nitrogen and oxygen atoms in total. The van der Waals surface area contributed by atoms with Crippen molar-refractivity contribution >= 4 is 10.8 Å². The normalized spacial score (nSPS) is 10.9. The number of ether oxygens (including phenoxy) is 2. The molecule has 0 saturated carbocycles. The lowest BCUT2D eigenvalue weighted by Gasteiger charge is -2.14. The molecule has 0 spiro atoms. The number of aliphatic hydroxyl groups excluding tert-OH is 1. The molecule has 0 fully saturated rings. The Balaban J connectivity index is 2.24. The van der Waals surface area contributed by atoms with E-state index in [1.807, 2.05) is 24.3 Å². The Labute approximate surface area is 119 Å². The molecule has 4 heteroatoms. The van der Waals surface area contributed by atoms with Crippen molar-refractivity contribution in [3.8, 4) is 5.75 Å². The Bertz CT molecular complexity index is 542. The fourth-order valence-corrected chi connectivity index (χ4v) is 2.18. The fraction of sp³-hybridized carbons (Fsp3) is 0.375. The lowest BCUT2D eigenvalue weighted by atomic mass is 10.0. The van der Waals surface area contributed by atoms with Crippen molar-refractivity contribution in [3.05, 3.63) is 42.0 Å². The van der Waals surface area contributed by atoms with Crippen molar-refractivity contribution in [2.45, 2.75) is 6.54 Å². The summed E-state index contributed by atoms with van der Waals surface area (Å²) in [5, 5.41) is 14.6. The molecule has 0 aliphatic heterocycles. The second-order valence-corrected chi connectivity index (χ2v) is 4.51. The van der Waals surface area contributed by atoms with E-state index in [-0.39, 0.29) is 6.61 Å². The Morgan fingerprint density at radius 2 is 1.95 bits per heavy atom. The minimum absolute atomic E-state index is 0.0172. The number of hydrogen-bond acceptors (Lipinski definition) is 4. The molecule has 0 amide bonds. The van der Waals surface area contributed by atoms with E-state index in [1.165, 1.54) is 10.8 Å². The molecular formula is C16H21NO3. The highest BCUT2D eigenvalue weighted by Gasteiger charge is 2.08. The molecule has 2 aromatic carbocycles. The van der Waals surface area contributed by atoms with E-state index in [9.17, 15) is 0 Å². The molecular weight excluding hydrogens is 254 g/mol. The second kappa shape index (κ2) is 7.85. The third-order valence-corrected chi connectivity index (χ3v) is 3.13. The number of fused-ring (bicyclic) bond motifs is 1. The van der Waals surface area contributed by atoms with E-state index < -0.39 is 0 Å². The molecule has 0 bridgehead atoms. The van der Waals surface area contributed by atoms with Gasteiger partial charge in [0.25, 0.3) is 0 Å². The molecule has 20 heavy (non-hydrogen) atoms. The SMILES string of the molecule is COCCNCc1c(OCCO)ccc2ccccc12. The maximum absolute atomic E-state index is 8.92. The summed E-state index contributed by atoms with van der Waals surface area (Å²) >= 11 is 0. The van der Waals surface area contributed by atoms with E-state index in [0.29, 0.717) is 19.8 Å². The molecule has 0 radical (unpaired) electrons. The molecule has 0 saturated heterocycles. The summed E-state index contributed by atoms with van der Waals surface area (Å²) in [4.78, 5) is 0. The summed E-state index contributed by atoms with van der Waals surface area (Å²) in [6.07, 6.45) is 0. The molecule has 0 heterocycles. The average Bonchev–Trinajstić information content (AvgIpc) is 2.50. The van der Waals surface area contributed by atoms with Gasteiger partial charge in [-0.25, -0.2) is 0 Å². The van der Waals surface area contributed by atoms with Crippen molar-refractivity contribution in [2.75, 3.05) is 33.5 Å². The average molecular weight is 275 g/mol. The number of aliphatic hydroxyl groups is 1. The standard InChI is InChI=1S/C16H21NO3/c1-19-10-8-17-12-15-14-5-3-2-4-13(14)6-7-16(15)20-11-9-18/h2-7,17-18H,8-12H2,1H3. The van der Waals surface area contributed by atoms with Crippen LogP contribution < -0.4 is 10.1 Å². The van der Waals surface area contributed by atoms with Crippen molar-refractivity contribution < 1.29 is 14.6 Å². The van der Waals surface area contributed by atoms with Crippen LogP contribution in [0.15, 0.2) is 36.4 Å². The molecule has 0 unspecified atom stereocenters. The van der Waals surface area contributed by atoms with Crippen LogP contribution in [0.2, 0.25) is 0 Å². The van der Waals surface area contributed by atoms with Crippen LogP contribution in [0.25, 0.3) is 10.8 Å². The van der Waals surface area contributed by atoms with E-state index in [2.05, 4.69) is 17.4 Å². The third kappa shape index (κ3) is 3.70. The van der Waals surface area contributed by atoms with Gasteiger partial charge in [0.2, 0.25) is 0 Å². The molecule has 0 aliphatic rings. The Hall–Kier alpha value is -1.62. The minimum Gasteiger partial charge on any atom is -0.491 e. The highest BCUT2D eigenvalue weighted by Crippen LogP contribution is 2.28. The Morgan fingerprint density at radius 3 is 2.75 bits per heavy atom. The first-order chi connectivity index (χ1) is 9.86. The lowest BCUT2D eigenvalue weighted by molar-refractivity contribution is 0.196. The minimum atomic E-state index is 0.0172. The smallest absolute Gasteiger partial charge is 0.124 e. The maximum atomic E-state index is 8.92. The van der Waals surface area contributed by atoms with Gasteiger partial charge in [0, 0.05) is 25.8 Å². The van der Waals surface area contributed by atoms with E-state index >= 15 is 0 Å². The fourth-order valence-electron chi connectivity index (χ4n) is 2.18. The summed E-state index contributed by atoms with van der Waals surface area (Å²) in [5.41, 5.74) is 1.12. The number of benzene rings is 2. The quantitative estimate of drug-likeness (QED) is 0.723. The Kier molecular flexibility index (Phi) is 5.80. The zero-order valence-electron chi connectivity index (χ0n) is 11.8. The van der Waals surface area contributed by atoms with Gasteiger partial charge < -0.3 is 19.9 Å². The topological polar surface area (TPSA) is 50.7 Å². The van der Waals surface area contributed by atoms with Gasteiger partial charge in [-0.2, -0.15) is 0 Å². The van der Waals surface area contributed by atoms with Crippen LogP contribution in [0, 0.1) is 0 Å². The predicted molar refractivity (Wildman–Crippen MR) is 80.1 cm³/mol. The molecule has 108 valence electrons. The summed E-state index contributed by atoms with van der Waals surface area (Å²) in [7, 11) is 1.69. The van der Waals surface area contributed by atoms with Crippen LogP contribution in [-0.4, -0.2) is 38.6 Å². The first kappa shape index (κ1) is 14.8. The van der Waals surface area contributed by atoms with Crippen LogP contribution in [0.3, 0.4) is 0 Å². The van der Waals surface area contributed by atoms with Gasteiger partial charge in [0.1, 0.15) is 12.4 Å². The molecule has 0 aliphatic carbocycles. The highest BCUT2D eigenvalue weighted by molar-refractivity contribution is 5.87. The van der Waals surface area contributed by atoms with Crippen molar-refractivity contribution in [2.24, 2.45) is 0 Å². The van der Waals surface area contributed by atoms with Crippen molar-refractivity contribution in [1.29, 1.82) is 0 Å². The number of hydrogen-bond donors (Lipinski definition) is 2. The maximum Gasteiger partial charge on any atom is 0.124 e. The molecule has 0 atom stereocenters. The molecule has 2 aromatic rings. The van der Waals surface area contributed by atoms with Gasteiger partial charge in [-0.15, -0.1) is 0 Å². The van der Waals surface area contributed by atoms with Gasteiger partial charge in [0.15, 0.2) is 0 Å². The first-order valence-corrected chi connectivity index (χ1v) is 6.80. The molecule has 2 rings (SSSR count). The Morgan fingerprint density at radius 1 is 1.10 bits per heavy atom. The first-order valence-electron chi connectivity index (χ1n) is 6.80. The monoisotopic (exact) mass is 275 g/mol. The number of nitrogens with one attached hydrogen (secondary N) is 1. The van der Waals surface area contributed by atoms with Crippen LogP contribution in [0.4, 0.5) is 0 Å². The third-order valence-electron chi connectivity index (χ3n) is 3.13. The van der Waals surface area contributed by atoms with Crippen LogP contribution in [-0.2, 0) is 11.3 Å². The highest BCUT2D eigenvalue weighted by atomic mass is 16.5. The second-order valence-electron chi connectivity index (χ2n) is 4.51. The lowest BCUT2D eigenvalue weighted by Crippen LogP contribution is -2.19. The number of rotatable bonds is 8. The van der Waals surface area contributed by atoms with Crippen molar-refractivity contribution in [1.82, 2.24) is 5.32 Å². The summed E-state index contributed by atoms with van der Waals surface area (Å²) in [6.45, 7) is 2.51. The van der Waals surface area contributed by atoms with E-state index in [4.69, 9.17) is 14.6 Å². The van der Waals surface area contributed by atoms with Crippen LogP contribution in [0.5, 0.6) is 5.75 Å². The van der Waals surface area contributed by atoms with Gasteiger partial charge in [-0.1, -0.05) is 30.3 Å². The predicted octanol–water partition coefficient (Wildman–Crippen LogP) is 1.95. The van der Waals surface area contributed by atoms with Crippen LogP contribution >= 0.6 is 0 Å². The molecule has 0 aromatic heterocycles. The number of methoxy groups -OCH3 is 1. The van der Waals surface area contributed by atoms with E-state index in [0.717, 1.165) is 17.9 Å². The zero-order valence-corrected chi connectivity index (χ0v) is 11.8. The van der Waals surface area contributed by atoms with E-state index in [1.54, 1.807) is 7.11 Å². The van der Waals surface area contributed by atoms with Gasteiger partial charge in [0.05, 0.1) is 13.2 Å². The van der Waals surface area contributed by atoms with Gasteiger partial charge >= 0.3 is 0 Å². The summed E-state index contributed by atoms with van der Waals surface area (Å²) in [6, 6.07) is 12.2. The summed E-state index contributed by atoms with van der Waals surface area (Å²) in [5.74, 6) is 0.822. The summed E-state index contributed by atoms with van der Waals surface area (Å²) < 4.78 is 10.7. The zero-order chi connectivity index (χ0) is 14.2. The largest absolute Gasteiger partial charge is 0.491 e. The molecule has 2 N–H and O–H groups in total. The van der Waals surface area contributed by atoms with Gasteiger partial charge in [-0.05, 0) is 16.8 Å². The van der Waals surface area contributed by atoms with Gasteiger partial charge in [-0.3, -0.25) is 0 Å². The van der Waals surface area contributed by atoms with Crippen molar-refractivity contribution in [3.63, 3.8) is 0 Å². The van der Waals surface area contributed by atoms with Crippen LogP contribution in [0.1, 0.15) is 5.56 Å².